The van der Waals surface area contributed by atoms with Crippen molar-refractivity contribution < 1.29 is 0 Å². The van der Waals surface area contributed by atoms with Crippen LogP contribution in [0.15, 0.2) is 12.1 Å². The number of pyridine rings is 1. The molecule has 0 unspecified atom stereocenters. The summed E-state index contributed by atoms with van der Waals surface area (Å²) in [4.78, 5) is 4.04. The Balaban J connectivity index is 0. The molecule has 0 aliphatic carbocycles. The molecule has 0 aliphatic heterocycles. The van der Waals surface area contributed by atoms with E-state index in [4.69, 9.17) is 17.3 Å². The third-order valence-corrected chi connectivity index (χ3v) is 1.58. The fourth-order valence-corrected chi connectivity index (χ4v) is 0.945. The third-order valence-electron chi connectivity index (χ3n) is 1.30. The second-order valence-electron chi connectivity index (χ2n) is 2.13. The third kappa shape index (κ3) is 3.48. The van der Waals surface area contributed by atoms with Crippen molar-refractivity contribution in [3.8, 4) is 0 Å². The number of anilines is 1. The summed E-state index contributed by atoms with van der Waals surface area (Å²) in [5.41, 5.74) is 7.35. The average molecular weight is 230 g/mol. The number of hydrogen-bond acceptors (Lipinski definition) is 2. The fourth-order valence-electron chi connectivity index (χ4n) is 0.719. The van der Waals surface area contributed by atoms with E-state index >= 15 is 0 Å². The summed E-state index contributed by atoms with van der Waals surface area (Å²) in [6.07, 6.45) is 0. The number of nitrogens with two attached hydrogens (primary N) is 1. The minimum Gasteiger partial charge on any atom is -0.383 e. The van der Waals surface area contributed by atoms with Gasteiger partial charge in [0.25, 0.3) is 0 Å². The van der Waals surface area contributed by atoms with Crippen molar-refractivity contribution in [2.45, 2.75) is 12.8 Å². The molecule has 2 N–H and O–H groups in total. The van der Waals surface area contributed by atoms with Gasteiger partial charge in [-0.25, -0.2) is 4.98 Å². The zero-order valence-electron chi connectivity index (χ0n) is 6.58. The zero-order valence-corrected chi connectivity index (χ0v) is 8.97. The molecule has 1 rings (SSSR count). The van der Waals surface area contributed by atoms with E-state index in [0.29, 0.717) is 11.7 Å². The Bertz CT molecular complexity index is 240. The highest BCUT2D eigenvalue weighted by atomic mass is 35.5. The van der Waals surface area contributed by atoms with Gasteiger partial charge in [0, 0.05) is 11.3 Å². The lowest BCUT2D eigenvalue weighted by Crippen LogP contribution is -1.96. The molecule has 0 bridgehead atoms. The van der Waals surface area contributed by atoms with Crippen molar-refractivity contribution in [2.75, 3.05) is 5.73 Å². The first-order chi connectivity index (χ1) is 4.74. The smallest absolute Gasteiger partial charge is 0.128 e. The molecule has 0 saturated carbocycles. The molecule has 12 heavy (non-hydrogen) atoms. The van der Waals surface area contributed by atoms with Gasteiger partial charge in [-0.15, -0.1) is 36.4 Å². The monoisotopic (exact) mass is 228 g/mol. The molecule has 0 atom stereocenters. The summed E-state index contributed by atoms with van der Waals surface area (Å²) in [5, 5.41) is 0. The minimum absolute atomic E-state index is 0. The number of hydrogen-bond donors (Lipinski definition) is 1. The van der Waals surface area contributed by atoms with E-state index < -0.39 is 0 Å². The molecule has 70 valence electrons. The second-order valence-corrected chi connectivity index (χ2v) is 2.40. The standard InChI is InChI=1S/C7H9ClN2.2ClH/c1-5-2-3-6(4-8)7(9)10-5;;/h2-3H,4H2,1H3,(H2,9,10);2*1H. The van der Waals surface area contributed by atoms with E-state index in [9.17, 15) is 0 Å². The van der Waals surface area contributed by atoms with Crippen molar-refractivity contribution in [3.05, 3.63) is 23.4 Å². The Kier molecular flexibility index (Phi) is 7.59. The Labute approximate surface area is 89.3 Å². The first kappa shape index (κ1) is 14.3. The number of aryl methyl sites for hydroxylation is 1. The fraction of sp³-hybridized carbons (Fsp3) is 0.286. The first-order valence-electron chi connectivity index (χ1n) is 3.02. The zero-order chi connectivity index (χ0) is 7.56. The van der Waals surface area contributed by atoms with Gasteiger partial charge in [0.2, 0.25) is 0 Å². The Morgan fingerprint density at radius 2 is 2.00 bits per heavy atom. The summed E-state index contributed by atoms with van der Waals surface area (Å²) in [5.74, 6) is 0.967. The molecule has 0 aromatic carbocycles. The maximum Gasteiger partial charge on any atom is 0.128 e. The topological polar surface area (TPSA) is 38.9 Å². The van der Waals surface area contributed by atoms with Crippen LogP contribution in [0.25, 0.3) is 0 Å². The predicted molar refractivity (Wildman–Crippen MR) is 57.4 cm³/mol. The maximum absolute atomic E-state index is 5.56. The normalized spacial score (nSPS) is 8.17. The SMILES string of the molecule is Cc1ccc(CCl)c(N)n1.Cl.Cl. The Morgan fingerprint density at radius 3 is 2.42 bits per heavy atom. The number of nitrogen functional groups attached to an aromatic ring is 1. The number of aromatic nitrogens is 1. The van der Waals surface area contributed by atoms with Gasteiger partial charge in [0.1, 0.15) is 5.82 Å². The summed E-state index contributed by atoms with van der Waals surface area (Å²) < 4.78 is 0. The minimum atomic E-state index is 0. The highest BCUT2D eigenvalue weighted by Gasteiger charge is 1.96. The van der Waals surface area contributed by atoms with Crippen molar-refractivity contribution >= 4 is 42.2 Å². The summed E-state index contributed by atoms with van der Waals surface area (Å²) in [6.45, 7) is 1.90. The first-order valence-corrected chi connectivity index (χ1v) is 3.55. The predicted octanol–water partition coefficient (Wildman–Crippen LogP) is 2.55. The van der Waals surface area contributed by atoms with Gasteiger partial charge in [-0.05, 0) is 13.0 Å². The summed E-state index contributed by atoms with van der Waals surface area (Å²) >= 11 is 5.56. The molecule has 0 aliphatic rings. The Morgan fingerprint density at radius 1 is 1.42 bits per heavy atom. The van der Waals surface area contributed by atoms with Crippen LogP contribution in [0.4, 0.5) is 5.82 Å². The van der Waals surface area contributed by atoms with E-state index in [0.717, 1.165) is 11.3 Å². The molecule has 2 nitrogen and oxygen atoms in total. The van der Waals surface area contributed by atoms with E-state index in [1.807, 2.05) is 19.1 Å². The highest BCUT2D eigenvalue weighted by Crippen LogP contribution is 2.11. The Hall–Kier alpha value is -0.180. The van der Waals surface area contributed by atoms with Gasteiger partial charge in [-0.3, -0.25) is 0 Å². The molecule has 1 aromatic heterocycles. The van der Waals surface area contributed by atoms with E-state index in [2.05, 4.69) is 4.98 Å². The van der Waals surface area contributed by atoms with Gasteiger partial charge < -0.3 is 5.73 Å². The van der Waals surface area contributed by atoms with Crippen molar-refractivity contribution in [1.82, 2.24) is 4.98 Å². The van der Waals surface area contributed by atoms with Crippen LogP contribution in [0, 0.1) is 6.92 Å². The molecule has 1 aromatic rings. The van der Waals surface area contributed by atoms with Crippen LogP contribution < -0.4 is 5.73 Å². The molecular weight excluding hydrogens is 218 g/mol. The van der Waals surface area contributed by atoms with Gasteiger partial charge >= 0.3 is 0 Å². The van der Waals surface area contributed by atoms with Crippen LogP contribution in [0.3, 0.4) is 0 Å². The molecule has 0 amide bonds. The highest BCUT2D eigenvalue weighted by molar-refractivity contribution is 6.17. The molecule has 0 saturated heterocycles. The van der Waals surface area contributed by atoms with Crippen molar-refractivity contribution in [1.29, 1.82) is 0 Å². The van der Waals surface area contributed by atoms with E-state index in [-0.39, 0.29) is 24.8 Å². The molecular formula is C7H11Cl3N2. The molecule has 5 heteroatoms. The molecule has 0 radical (unpaired) electrons. The quantitative estimate of drug-likeness (QED) is 0.752. The van der Waals surface area contributed by atoms with Gasteiger partial charge in [-0.1, -0.05) is 6.07 Å². The van der Waals surface area contributed by atoms with Gasteiger partial charge in [-0.2, -0.15) is 0 Å². The number of nitrogens with zero attached hydrogens (tertiary/aromatic N) is 1. The van der Waals surface area contributed by atoms with Crippen LogP contribution in [-0.4, -0.2) is 4.98 Å². The number of halogens is 3. The van der Waals surface area contributed by atoms with E-state index in [1.54, 1.807) is 0 Å². The van der Waals surface area contributed by atoms with E-state index in [1.165, 1.54) is 0 Å². The molecule has 1 heterocycles. The van der Waals surface area contributed by atoms with Gasteiger partial charge in [0.05, 0.1) is 5.88 Å². The lowest BCUT2D eigenvalue weighted by Gasteiger charge is -1.99. The summed E-state index contributed by atoms with van der Waals surface area (Å²) in [6, 6.07) is 3.79. The molecule has 0 fully saturated rings. The van der Waals surface area contributed by atoms with Crippen molar-refractivity contribution in [3.63, 3.8) is 0 Å². The average Bonchev–Trinajstić information content (AvgIpc) is 1.88. The van der Waals surface area contributed by atoms with Gasteiger partial charge in [0.15, 0.2) is 0 Å². The summed E-state index contributed by atoms with van der Waals surface area (Å²) in [7, 11) is 0. The van der Waals surface area contributed by atoms with Crippen LogP contribution in [0.5, 0.6) is 0 Å². The second kappa shape index (κ2) is 6.35. The van der Waals surface area contributed by atoms with Crippen LogP contribution in [-0.2, 0) is 5.88 Å². The lowest BCUT2D eigenvalue weighted by molar-refractivity contribution is 1.17. The maximum atomic E-state index is 5.56. The molecule has 0 spiro atoms. The largest absolute Gasteiger partial charge is 0.383 e. The van der Waals surface area contributed by atoms with Crippen LogP contribution in [0.1, 0.15) is 11.3 Å². The van der Waals surface area contributed by atoms with Crippen LogP contribution in [0.2, 0.25) is 0 Å². The number of rotatable bonds is 1. The van der Waals surface area contributed by atoms with Crippen molar-refractivity contribution in [2.24, 2.45) is 0 Å². The van der Waals surface area contributed by atoms with Crippen LogP contribution >= 0.6 is 36.4 Å². The number of alkyl halides is 1. The lowest BCUT2D eigenvalue weighted by atomic mass is 10.2.